The van der Waals surface area contributed by atoms with Crippen molar-refractivity contribution in [1.29, 1.82) is 0 Å². The lowest BCUT2D eigenvalue weighted by molar-refractivity contribution is -0.136. The number of benzene rings is 1. The predicted octanol–water partition coefficient (Wildman–Crippen LogP) is 3.02. The first-order valence-electron chi connectivity index (χ1n) is 6.73. The van der Waals surface area contributed by atoms with E-state index in [0.29, 0.717) is 12.5 Å². The molecule has 0 bridgehead atoms. The van der Waals surface area contributed by atoms with Gasteiger partial charge < -0.3 is 10.6 Å². The molecule has 1 aromatic rings. The molecule has 1 amide bonds. The van der Waals surface area contributed by atoms with Gasteiger partial charge in [0.1, 0.15) is 0 Å². The number of hydrogen-bond acceptors (Lipinski definition) is 2. The largest absolute Gasteiger partial charge is 0.399 e. The van der Waals surface area contributed by atoms with Crippen LogP contribution in [0, 0.1) is 0 Å². The Morgan fingerprint density at radius 2 is 1.89 bits per heavy atom. The molecule has 0 unspecified atom stereocenters. The van der Waals surface area contributed by atoms with E-state index in [9.17, 15) is 4.79 Å². The van der Waals surface area contributed by atoms with Crippen LogP contribution in [0.5, 0.6) is 0 Å². The van der Waals surface area contributed by atoms with Gasteiger partial charge in [-0.25, -0.2) is 0 Å². The summed E-state index contributed by atoms with van der Waals surface area (Å²) in [6, 6.07) is 8.33. The molecule has 0 radical (unpaired) electrons. The lowest BCUT2D eigenvalue weighted by Gasteiger charge is -2.40. The molecular weight excluding hydrogens is 260 g/mol. The summed E-state index contributed by atoms with van der Waals surface area (Å²) >= 11 is 0. The van der Waals surface area contributed by atoms with Crippen LogP contribution in [0.15, 0.2) is 24.3 Å². The van der Waals surface area contributed by atoms with E-state index in [4.69, 9.17) is 5.73 Å². The van der Waals surface area contributed by atoms with Crippen molar-refractivity contribution in [2.75, 3.05) is 5.73 Å². The van der Waals surface area contributed by atoms with E-state index >= 15 is 0 Å². The molecule has 0 spiro atoms. The summed E-state index contributed by atoms with van der Waals surface area (Å²) < 4.78 is 0. The van der Waals surface area contributed by atoms with E-state index in [-0.39, 0.29) is 24.4 Å². The Morgan fingerprint density at radius 1 is 1.32 bits per heavy atom. The molecule has 4 heteroatoms. The Balaban J connectivity index is 0.00000180. The number of carbonyl (C=O) groups excluding carboxylic acids is 1. The smallest absolute Gasteiger partial charge is 0.227 e. The standard InChI is InChI=1S/C15H22N2O.ClH/c1-11(2)17(14-4-3-5-14)15(18)10-12-6-8-13(16)9-7-12;/h6-9,11,14H,3-5,10,16H2,1-2H3;1H. The second-order valence-corrected chi connectivity index (χ2v) is 5.40. The minimum absolute atomic E-state index is 0. The second-order valence-electron chi connectivity index (χ2n) is 5.40. The van der Waals surface area contributed by atoms with Crippen molar-refractivity contribution in [2.24, 2.45) is 0 Å². The van der Waals surface area contributed by atoms with E-state index in [1.54, 1.807) is 0 Å². The first-order chi connectivity index (χ1) is 8.58. The molecule has 1 aromatic carbocycles. The van der Waals surface area contributed by atoms with Gasteiger partial charge in [0.25, 0.3) is 0 Å². The van der Waals surface area contributed by atoms with Crippen LogP contribution >= 0.6 is 12.4 Å². The maximum atomic E-state index is 12.4. The SMILES string of the molecule is CC(C)N(C(=O)Cc1ccc(N)cc1)C1CCC1.Cl. The van der Waals surface area contributed by atoms with Gasteiger partial charge in [0.05, 0.1) is 6.42 Å². The van der Waals surface area contributed by atoms with Crippen molar-refractivity contribution < 1.29 is 4.79 Å². The number of nitrogens with zero attached hydrogens (tertiary/aromatic N) is 1. The van der Waals surface area contributed by atoms with Crippen LogP contribution in [0.4, 0.5) is 5.69 Å². The van der Waals surface area contributed by atoms with Crippen LogP contribution in [0.25, 0.3) is 0 Å². The molecule has 2 N–H and O–H groups in total. The number of nitrogens with two attached hydrogens (primary N) is 1. The highest BCUT2D eigenvalue weighted by Crippen LogP contribution is 2.27. The molecule has 0 heterocycles. The summed E-state index contributed by atoms with van der Waals surface area (Å²) in [7, 11) is 0. The Hall–Kier alpha value is -1.22. The Labute approximate surface area is 121 Å². The number of anilines is 1. The molecule has 3 nitrogen and oxygen atoms in total. The topological polar surface area (TPSA) is 46.3 Å². The molecule has 0 atom stereocenters. The highest BCUT2D eigenvalue weighted by atomic mass is 35.5. The molecule has 106 valence electrons. The van der Waals surface area contributed by atoms with Gasteiger partial charge >= 0.3 is 0 Å². The predicted molar refractivity (Wildman–Crippen MR) is 81.4 cm³/mol. The first-order valence-corrected chi connectivity index (χ1v) is 6.73. The summed E-state index contributed by atoms with van der Waals surface area (Å²) in [5, 5.41) is 0. The monoisotopic (exact) mass is 282 g/mol. The summed E-state index contributed by atoms with van der Waals surface area (Å²) in [5.41, 5.74) is 7.43. The van der Waals surface area contributed by atoms with Crippen LogP contribution in [-0.2, 0) is 11.2 Å². The molecule has 1 aliphatic carbocycles. The minimum atomic E-state index is 0. The van der Waals surface area contributed by atoms with Gasteiger partial charge in [-0.3, -0.25) is 4.79 Å². The van der Waals surface area contributed by atoms with Crippen molar-refractivity contribution in [1.82, 2.24) is 4.90 Å². The van der Waals surface area contributed by atoms with E-state index < -0.39 is 0 Å². The maximum Gasteiger partial charge on any atom is 0.227 e. The van der Waals surface area contributed by atoms with Gasteiger partial charge in [-0.05, 0) is 50.8 Å². The second kappa shape index (κ2) is 6.80. The normalized spacial score (nSPS) is 14.7. The zero-order valence-corrected chi connectivity index (χ0v) is 12.5. The summed E-state index contributed by atoms with van der Waals surface area (Å²) in [6.07, 6.45) is 4.05. The molecular formula is C15H23ClN2O. The van der Waals surface area contributed by atoms with E-state index in [1.807, 2.05) is 24.3 Å². The molecule has 0 aliphatic heterocycles. The van der Waals surface area contributed by atoms with Gasteiger partial charge in [0, 0.05) is 17.8 Å². The zero-order chi connectivity index (χ0) is 13.1. The fourth-order valence-corrected chi connectivity index (χ4v) is 2.48. The minimum Gasteiger partial charge on any atom is -0.399 e. The van der Waals surface area contributed by atoms with Crippen LogP contribution in [-0.4, -0.2) is 22.9 Å². The number of amides is 1. The fraction of sp³-hybridized carbons (Fsp3) is 0.533. The average Bonchev–Trinajstić information content (AvgIpc) is 2.25. The molecule has 0 aromatic heterocycles. The molecule has 2 rings (SSSR count). The van der Waals surface area contributed by atoms with Crippen molar-refractivity contribution in [3.8, 4) is 0 Å². The molecule has 19 heavy (non-hydrogen) atoms. The highest BCUT2D eigenvalue weighted by Gasteiger charge is 2.30. The fourth-order valence-electron chi connectivity index (χ4n) is 2.48. The van der Waals surface area contributed by atoms with E-state index in [0.717, 1.165) is 24.1 Å². The highest BCUT2D eigenvalue weighted by molar-refractivity contribution is 5.85. The first kappa shape index (κ1) is 15.8. The summed E-state index contributed by atoms with van der Waals surface area (Å²) in [5.74, 6) is 0.236. The quantitative estimate of drug-likeness (QED) is 0.863. The Kier molecular flexibility index (Phi) is 5.67. The number of rotatable bonds is 4. The maximum absolute atomic E-state index is 12.4. The Bertz CT molecular complexity index is 413. The third kappa shape index (κ3) is 3.87. The summed E-state index contributed by atoms with van der Waals surface area (Å²) in [6.45, 7) is 4.19. The van der Waals surface area contributed by atoms with E-state index in [2.05, 4.69) is 18.7 Å². The number of halogens is 1. The molecule has 0 saturated heterocycles. The van der Waals surface area contributed by atoms with Crippen LogP contribution < -0.4 is 5.73 Å². The van der Waals surface area contributed by atoms with Crippen molar-refractivity contribution >= 4 is 24.0 Å². The van der Waals surface area contributed by atoms with Gasteiger partial charge in [-0.2, -0.15) is 0 Å². The molecule has 1 aliphatic rings. The van der Waals surface area contributed by atoms with E-state index in [1.165, 1.54) is 6.42 Å². The number of carbonyl (C=O) groups is 1. The average molecular weight is 283 g/mol. The summed E-state index contributed by atoms with van der Waals surface area (Å²) in [4.78, 5) is 14.4. The van der Waals surface area contributed by atoms with Crippen molar-refractivity contribution in [3.63, 3.8) is 0 Å². The van der Waals surface area contributed by atoms with Gasteiger partial charge in [0.15, 0.2) is 0 Å². The molecule has 1 fully saturated rings. The number of nitrogen functional groups attached to an aromatic ring is 1. The zero-order valence-electron chi connectivity index (χ0n) is 11.6. The third-order valence-corrected chi connectivity index (χ3v) is 3.65. The van der Waals surface area contributed by atoms with Crippen molar-refractivity contribution in [3.05, 3.63) is 29.8 Å². The van der Waals surface area contributed by atoms with Gasteiger partial charge in [0.2, 0.25) is 5.91 Å². The number of hydrogen-bond donors (Lipinski definition) is 1. The van der Waals surface area contributed by atoms with Crippen LogP contribution in [0.2, 0.25) is 0 Å². The van der Waals surface area contributed by atoms with Crippen LogP contribution in [0.1, 0.15) is 38.7 Å². The van der Waals surface area contributed by atoms with Gasteiger partial charge in [-0.15, -0.1) is 12.4 Å². The lowest BCUT2D eigenvalue weighted by Crippen LogP contribution is -2.48. The molecule has 1 saturated carbocycles. The third-order valence-electron chi connectivity index (χ3n) is 3.65. The Morgan fingerprint density at radius 3 is 2.32 bits per heavy atom. The van der Waals surface area contributed by atoms with Gasteiger partial charge in [-0.1, -0.05) is 12.1 Å². The van der Waals surface area contributed by atoms with Crippen LogP contribution in [0.3, 0.4) is 0 Å². The lowest BCUT2D eigenvalue weighted by atomic mass is 9.90. The van der Waals surface area contributed by atoms with Crippen molar-refractivity contribution in [2.45, 2.75) is 51.6 Å².